The largest absolute Gasteiger partial charge is 0.497 e. The van der Waals surface area contributed by atoms with Gasteiger partial charge in [0, 0.05) is 22.9 Å². The van der Waals surface area contributed by atoms with Gasteiger partial charge in [0.15, 0.2) is 5.78 Å². The van der Waals surface area contributed by atoms with E-state index in [4.69, 9.17) is 13.9 Å². The van der Waals surface area contributed by atoms with Gasteiger partial charge in [0.1, 0.15) is 11.5 Å². The summed E-state index contributed by atoms with van der Waals surface area (Å²) in [6.45, 7) is 1.47. The fourth-order valence-electron chi connectivity index (χ4n) is 2.46. The summed E-state index contributed by atoms with van der Waals surface area (Å²) in [7, 11) is 3.11. The van der Waals surface area contributed by atoms with Gasteiger partial charge in [0.05, 0.1) is 20.0 Å². The maximum absolute atomic E-state index is 12.2. The number of benzene rings is 2. The lowest BCUT2D eigenvalue weighted by Crippen LogP contribution is -2.14. The van der Waals surface area contributed by atoms with Gasteiger partial charge in [0.25, 0.3) is 5.22 Å². The minimum atomic E-state index is -0.251. The molecule has 0 saturated heterocycles. The number of nitrogens with one attached hydrogen (secondary N) is 1. The molecule has 3 rings (SSSR count). The second-order valence-corrected chi connectivity index (χ2v) is 6.87. The molecule has 0 aliphatic rings. The van der Waals surface area contributed by atoms with Crippen LogP contribution in [0.5, 0.6) is 11.5 Å². The predicted molar refractivity (Wildman–Crippen MR) is 109 cm³/mol. The van der Waals surface area contributed by atoms with Crippen LogP contribution in [0, 0.1) is 0 Å². The van der Waals surface area contributed by atoms with Crippen molar-refractivity contribution in [2.45, 2.75) is 12.1 Å². The number of aromatic nitrogens is 2. The molecule has 0 aliphatic heterocycles. The van der Waals surface area contributed by atoms with Crippen LogP contribution < -0.4 is 14.8 Å². The molecule has 0 atom stereocenters. The highest BCUT2D eigenvalue weighted by atomic mass is 32.2. The molecule has 0 saturated carbocycles. The maximum atomic E-state index is 12.2. The summed E-state index contributed by atoms with van der Waals surface area (Å²) < 4.78 is 16.1. The molecular weight excluding hydrogens is 394 g/mol. The van der Waals surface area contributed by atoms with Gasteiger partial charge < -0.3 is 19.2 Å². The number of anilines is 1. The number of thioether (sulfide) groups is 1. The summed E-state index contributed by atoms with van der Waals surface area (Å²) in [4.78, 5) is 23.6. The van der Waals surface area contributed by atoms with Gasteiger partial charge in [0.2, 0.25) is 11.8 Å². The second-order valence-electron chi connectivity index (χ2n) is 5.95. The Labute approximate surface area is 171 Å². The average Bonchev–Trinajstić information content (AvgIpc) is 3.21. The second kappa shape index (κ2) is 9.24. The van der Waals surface area contributed by atoms with Crippen molar-refractivity contribution >= 4 is 29.1 Å². The van der Waals surface area contributed by atoms with Crippen LogP contribution in [0.1, 0.15) is 17.3 Å². The average molecular weight is 413 g/mol. The molecule has 29 heavy (non-hydrogen) atoms. The molecule has 0 radical (unpaired) electrons. The van der Waals surface area contributed by atoms with Crippen LogP contribution in [0.2, 0.25) is 0 Å². The highest BCUT2D eigenvalue weighted by Gasteiger charge is 2.14. The number of nitrogens with zero attached hydrogens (tertiary/aromatic N) is 2. The summed E-state index contributed by atoms with van der Waals surface area (Å²) in [5, 5.41) is 11.0. The van der Waals surface area contributed by atoms with Gasteiger partial charge >= 0.3 is 0 Å². The predicted octanol–water partition coefficient (Wildman–Crippen LogP) is 3.69. The summed E-state index contributed by atoms with van der Waals surface area (Å²) in [5.74, 6) is 1.24. The summed E-state index contributed by atoms with van der Waals surface area (Å²) in [6, 6.07) is 12.0. The van der Waals surface area contributed by atoms with Crippen LogP contribution in [0.25, 0.3) is 11.5 Å². The number of ketones is 1. The molecule has 0 fully saturated rings. The Balaban J connectivity index is 1.63. The number of ether oxygens (including phenoxy) is 2. The van der Waals surface area contributed by atoms with E-state index in [9.17, 15) is 9.59 Å². The summed E-state index contributed by atoms with van der Waals surface area (Å²) >= 11 is 1.11. The highest BCUT2D eigenvalue weighted by molar-refractivity contribution is 7.99. The number of methoxy groups -OCH3 is 2. The highest BCUT2D eigenvalue weighted by Crippen LogP contribution is 2.30. The van der Waals surface area contributed by atoms with Crippen molar-refractivity contribution in [1.29, 1.82) is 0 Å². The fraction of sp³-hybridized carbons (Fsp3) is 0.200. The van der Waals surface area contributed by atoms with E-state index < -0.39 is 0 Å². The zero-order valence-electron chi connectivity index (χ0n) is 16.1. The lowest BCUT2D eigenvalue weighted by atomic mass is 10.1. The minimum Gasteiger partial charge on any atom is -0.497 e. The van der Waals surface area contributed by atoms with Crippen molar-refractivity contribution in [3.63, 3.8) is 0 Å². The van der Waals surface area contributed by atoms with E-state index in [0.717, 1.165) is 11.8 Å². The fourth-order valence-corrected chi connectivity index (χ4v) is 3.02. The molecule has 1 heterocycles. The minimum absolute atomic E-state index is 0.0666. The van der Waals surface area contributed by atoms with E-state index >= 15 is 0 Å². The van der Waals surface area contributed by atoms with E-state index in [1.54, 1.807) is 56.7 Å². The molecule has 1 amide bonds. The van der Waals surface area contributed by atoms with Gasteiger partial charge in [-0.05, 0) is 31.2 Å². The lowest BCUT2D eigenvalue weighted by molar-refractivity contribution is -0.113. The number of amides is 1. The van der Waals surface area contributed by atoms with Crippen molar-refractivity contribution in [3.05, 3.63) is 48.0 Å². The third-order valence-corrected chi connectivity index (χ3v) is 4.70. The molecule has 0 spiro atoms. The molecule has 1 N–H and O–H groups in total. The van der Waals surface area contributed by atoms with E-state index in [2.05, 4.69) is 15.5 Å². The third-order valence-electron chi connectivity index (χ3n) is 3.88. The van der Waals surface area contributed by atoms with Crippen LogP contribution in [-0.2, 0) is 4.79 Å². The molecule has 1 aromatic heterocycles. The van der Waals surface area contributed by atoms with Crippen molar-refractivity contribution in [2.24, 2.45) is 0 Å². The van der Waals surface area contributed by atoms with Crippen LogP contribution >= 0.6 is 11.8 Å². The molecule has 9 heteroatoms. The van der Waals surface area contributed by atoms with Gasteiger partial charge in [-0.25, -0.2) is 0 Å². The van der Waals surface area contributed by atoms with Gasteiger partial charge in [-0.3, -0.25) is 9.59 Å². The molecule has 150 valence electrons. The standard InChI is InChI=1S/C20H19N3O5S/c1-12(24)13-5-4-6-15(7-13)21-18(25)11-29-20-23-22-19(28-20)14-8-16(26-2)10-17(9-14)27-3/h4-10H,11H2,1-3H3,(H,21,25). The van der Waals surface area contributed by atoms with Crippen molar-refractivity contribution in [3.8, 4) is 23.0 Å². The Morgan fingerprint density at radius 3 is 2.45 bits per heavy atom. The van der Waals surface area contributed by atoms with Crippen LogP contribution in [0.15, 0.2) is 52.1 Å². The Morgan fingerprint density at radius 1 is 1.07 bits per heavy atom. The van der Waals surface area contributed by atoms with Crippen LogP contribution in [0.3, 0.4) is 0 Å². The zero-order valence-corrected chi connectivity index (χ0v) is 16.9. The van der Waals surface area contributed by atoms with E-state index in [1.165, 1.54) is 6.92 Å². The lowest BCUT2D eigenvalue weighted by Gasteiger charge is -2.06. The maximum Gasteiger partial charge on any atom is 0.277 e. The molecular formula is C20H19N3O5S. The van der Waals surface area contributed by atoms with E-state index in [0.29, 0.717) is 34.2 Å². The van der Waals surface area contributed by atoms with Crippen molar-refractivity contribution in [2.75, 3.05) is 25.3 Å². The zero-order chi connectivity index (χ0) is 20.8. The number of hydrogen-bond acceptors (Lipinski definition) is 8. The molecule has 3 aromatic rings. The third kappa shape index (κ3) is 5.35. The molecule has 2 aromatic carbocycles. The first-order valence-electron chi connectivity index (χ1n) is 8.59. The Kier molecular flexibility index (Phi) is 6.50. The summed E-state index contributed by atoms with van der Waals surface area (Å²) in [5.41, 5.74) is 1.73. The summed E-state index contributed by atoms with van der Waals surface area (Å²) in [6.07, 6.45) is 0. The first kappa shape index (κ1) is 20.4. The van der Waals surface area contributed by atoms with Crippen molar-refractivity contribution in [1.82, 2.24) is 10.2 Å². The van der Waals surface area contributed by atoms with Gasteiger partial charge in [-0.2, -0.15) is 0 Å². The quantitative estimate of drug-likeness (QED) is 0.440. The van der Waals surface area contributed by atoms with Crippen LogP contribution in [0.4, 0.5) is 5.69 Å². The Morgan fingerprint density at radius 2 is 1.79 bits per heavy atom. The number of carbonyl (C=O) groups is 2. The topological polar surface area (TPSA) is 104 Å². The molecule has 0 bridgehead atoms. The monoisotopic (exact) mass is 413 g/mol. The van der Waals surface area contributed by atoms with Gasteiger partial charge in [-0.15, -0.1) is 10.2 Å². The number of rotatable bonds is 8. The SMILES string of the molecule is COc1cc(OC)cc(-c2nnc(SCC(=O)Nc3cccc(C(C)=O)c3)o2)c1. The van der Waals surface area contributed by atoms with Crippen molar-refractivity contribution < 1.29 is 23.5 Å². The smallest absolute Gasteiger partial charge is 0.277 e. The van der Waals surface area contributed by atoms with E-state index in [-0.39, 0.29) is 22.7 Å². The Hall–Kier alpha value is -3.33. The molecule has 0 unspecified atom stereocenters. The normalized spacial score (nSPS) is 10.4. The number of carbonyl (C=O) groups excluding carboxylic acids is 2. The van der Waals surface area contributed by atoms with E-state index in [1.807, 2.05) is 0 Å². The first-order chi connectivity index (χ1) is 14.0. The van der Waals surface area contributed by atoms with Crippen LogP contribution in [-0.4, -0.2) is 41.9 Å². The first-order valence-corrected chi connectivity index (χ1v) is 9.57. The number of Topliss-reactive ketones (excluding diaryl/α,β-unsaturated/α-hetero) is 1. The van der Waals surface area contributed by atoms with Gasteiger partial charge in [-0.1, -0.05) is 23.9 Å². The molecule has 8 nitrogen and oxygen atoms in total. The Bertz CT molecular complexity index is 1010. The number of hydrogen-bond donors (Lipinski definition) is 1. The molecule has 0 aliphatic carbocycles.